The number of amides is 1. The van der Waals surface area contributed by atoms with E-state index in [0.717, 1.165) is 36.3 Å². The van der Waals surface area contributed by atoms with Gasteiger partial charge >= 0.3 is 0 Å². The van der Waals surface area contributed by atoms with Crippen molar-refractivity contribution in [3.05, 3.63) is 83.2 Å². The number of carbonyl (C=O) groups is 1. The lowest BCUT2D eigenvalue weighted by molar-refractivity contribution is 0.1000. The fraction of sp³-hybridized carbons (Fsp3) is 0.286. The Bertz CT molecular complexity index is 922. The van der Waals surface area contributed by atoms with Crippen LogP contribution >= 0.6 is 0 Å². The number of imidazole rings is 1. The normalized spacial score (nSPS) is 16.3. The van der Waals surface area contributed by atoms with Crippen LogP contribution in [0.25, 0.3) is 0 Å². The number of benzene rings is 1. The predicted octanol–water partition coefficient (Wildman–Crippen LogP) is 2.98. The highest BCUT2D eigenvalue weighted by Gasteiger charge is 2.28. The Balaban J connectivity index is 1.66. The molecule has 6 nitrogen and oxygen atoms in total. The Kier molecular flexibility index (Phi) is 4.98. The number of aryl methyl sites for hydroxylation is 1. The zero-order valence-electron chi connectivity index (χ0n) is 15.1. The van der Waals surface area contributed by atoms with Crippen LogP contribution in [0.15, 0.2) is 55.0 Å². The SMILES string of the molecule is NC(=O)c1cccc(CN(Cc2ncc[nH]2)C2CCCc3cccnc32)c1. The van der Waals surface area contributed by atoms with Crippen molar-refractivity contribution >= 4 is 5.91 Å². The largest absolute Gasteiger partial charge is 0.366 e. The van der Waals surface area contributed by atoms with Crippen LogP contribution in [0.2, 0.25) is 0 Å². The van der Waals surface area contributed by atoms with Gasteiger partial charge in [-0.05, 0) is 48.6 Å². The van der Waals surface area contributed by atoms with Crippen LogP contribution in [0, 0.1) is 0 Å². The summed E-state index contributed by atoms with van der Waals surface area (Å²) in [5.74, 6) is 0.517. The molecule has 1 aliphatic rings. The van der Waals surface area contributed by atoms with Crippen LogP contribution in [0.1, 0.15) is 51.9 Å². The van der Waals surface area contributed by atoms with Crippen molar-refractivity contribution in [2.75, 3.05) is 0 Å². The van der Waals surface area contributed by atoms with Crippen LogP contribution in [0.5, 0.6) is 0 Å². The molecule has 0 saturated heterocycles. The minimum atomic E-state index is -0.404. The lowest BCUT2D eigenvalue weighted by atomic mass is 9.90. The number of aromatic nitrogens is 3. The molecule has 1 unspecified atom stereocenters. The minimum absolute atomic E-state index is 0.220. The monoisotopic (exact) mass is 361 g/mol. The first-order valence-corrected chi connectivity index (χ1v) is 9.25. The van der Waals surface area contributed by atoms with Crippen LogP contribution in [-0.4, -0.2) is 25.8 Å². The van der Waals surface area contributed by atoms with Gasteiger partial charge in [0.25, 0.3) is 0 Å². The number of rotatable bonds is 6. The molecule has 1 atom stereocenters. The van der Waals surface area contributed by atoms with Crippen molar-refractivity contribution in [3.63, 3.8) is 0 Å². The number of pyridine rings is 1. The molecule has 27 heavy (non-hydrogen) atoms. The average molecular weight is 361 g/mol. The first-order chi connectivity index (χ1) is 13.2. The molecule has 3 aromatic rings. The minimum Gasteiger partial charge on any atom is -0.366 e. The molecule has 3 N–H and O–H groups in total. The molecule has 0 radical (unpaired) electrons. The van der Waals surface area contributed by atoms with Gasteiger partial charge in [0.2, 0.25) is 5.91 Å². The van der Waals surface area contributed by atoms with Gasteiger partial charge in [0.1, 0.15) is 5.82 Å². The van der Waals surface area contributed by atoms with E-state index in [2.05, 4.69) is 20.9 Å². The van der Waals surface area contributed by atoms with E-state index in [1.165, 1.54) is 5.56 Å². The first kappa shape index (κ1) is 17.4. The van der Waals surface area contributed by atoms with Crippen LogP contribution in [-0.2, 0) is 19.5 Å². The third-order valence-electron chi connectivity index (χ3n) is 5.11. The summed E-state index contributed by atoms with van der Waals surface area (Å²) in [5, 5.41) is 0. The van der Waals surface area contributed by atoms with Gasteiger partial charge < -0.3 is 10.7 Å². The molecule has 0 fully saturated rings. The smallest absolute Gasteiger partial charge is 0.248 e. The molecule has 2 aromatic heterocycles. The number of fused-ring (bicyclic) bond motifs is 1. The number of carbonyl (C=O) groups excluding carboxylic acids is 1. The highest BCUT2D eigenvalue weighted by Crippen LogP contribution is 2.34. The summed E-state index contributed by atoms with van der Waals surface area (Å²) in [7, 11) is 0. The first-order valence-electron chi connectivity index (χ1n) is 9.25. The number of hydrogen-bond acceptors (Lipinski definition) is 4. The van der Waals surface area contributed by atoms with Gasteiger partial charge in [0, 0.05) is 30.7 Å². The Morgan fingerprint density at radius 2 is 2.11 bits per heavy atom. The number of nitrogens with zero attached hydrogens (tertiary/aromatic N) is 3. The average Bonchev–Trinajstić information content (AvgIpc) is 3.20. The maximum atomic E-state index is 11.5. The molecular formula is C21H23N5O. The van der Waals surface area contributed by atoms with E-state index in [1.807, 2.05) is 36.7 Å². The van der Waals surface area contributed by atoms with Crippen molar-refractivity contribution in [1.82, 2.24) is 19.9 Å². The summed E-state index contributed by atoms with van der Waals surface area (Å²) in [4.78, 5) is 26.2. The third-order valence-corrected chi connectivity index (χ3v) is 5.11. The Morgan fingerprint density at radius 1 is 1.19 bits per heavy atom. The third kappa shape index (κ3) is 3.90. The molecule has 1 amide bonds. The molecule has 138 valence electrons. The van der Waals surface area contributed by atoms with E-state index in [4.69, 9.17) is 10.7 Å². The number of H-pyrrole nitrogens is 1. The second-order valence-corrected chi connectivity index (χ2v) is 6.96. The van der Waals surface area contributed by atoms with Crippen molar-refractivity contribution in [2.24, 2.45) is 5.73 Å². The van der Waals surface area contributed by atoms with Crippen molar-refractivity contribution in [2.45, 2.75) is 38.4 Å². The molecule has 0 bridgehead atoms. The number of nitrogens with two attached hydrogens (primary N) is 1. The summed E-state index contributed by atoms with van der Waals surface area (Å²) in [6.45, 7) is 1.39. The topological polar surface area (TPSA) is 87.9 Å². The van der Waals surface area contributed by atoms with Gasteiger partial charge in [-0.25, -0.2) is 4.98 Å². The summed E-state index contributed by atoms with van der Waals surface area (Å²) >= 11 is 0. The van der Waals surface area contributed by atoms with Gasteiger partial charge in [-0.1, -0.05) is 18.2 Å². The van der Waals surface area contributed by atoms with Gasteiger partial charge in [0.05, 0.1) is 18.3 Å². The van der Waals surface area contributed by atoms with Gasteiger partial charge in [-0.15, -0.1) is 0 Å². The summed E-state index contributed by atoms with van der Waals surface area (Å²) in [5.41, 5.74) is 9.52. The summed E-state index contributed by atoms with van der Waals surface area (Å²) in [6.07, 6.45) is 8.75. The molecule has 6 heteroatoms. The predicted molar refractivity (Wildman–Crippen MR) is 103 cm³/mol. The van der Waals surface area contributed by atoms with Crippen LogP contribution in [0.3, 0.4) is 0 Å². The van der Waals surface area contributed by atoms with Crippen molar-refractivity contribution in [1.29, 1.82) is 0 Å². The lowest BCUT2D eigenvalue weighted by Crippen LogP contribution is -2.32. The second kappa shape index (κ2) is 7.72. The number of aromatic amines is 1. The zero-order chi connectivity index (χ0) is 18.6. The Labute approximate surface area is 158 Å². The van der Waals surface area contributed by atoms with Crippen LogP contribution < -0.4 is 5.73 Å². The highest BCUT2D eigenvalue weighted by molar-refractivity contribution is 5.92. The molecular weight excluding hydrogens is 338 g/mol. The molecule has 2 heterocycles. The summed E-state index contributed by atoms with van der Waals surface area (Å²) in [6, 6.07) is 11.9. The van der Waals surface area contributed by atoms with Crippen molar-refractivity contribution < 1.29 is 4.79 Å². The molecule has 0 aliphatic heterocycles. The molecule has 0 spiro atoms. The van der Waals surface area contributed by atoms with E-state index in [1.54, 1.807) is 12.3 Å². The molecule has 1 aromatic carbocycles. The molecule has 0 saturated carbocycles. The van der Waals surface area contributed by atoms with Crippen molar-refractivity contribution in [3.8, 4) is 0 Å². The Morgan fingerprint density at radius 3 is 2.93 bits per heavy atom. The van der Waals surface area contributed by atoms with Crippen LogP contribution in [0.4, 0.5) is 0 Å². The molecule has 1 aliphatic carbocycles. The fourth-order valence-corrected chi connectivity index (χ4v) is 3.85. The number of nitrogens with one attached hydrogen (secondary N) is 1. The zero-order valence-corrected chi connectivity index (χ0v) is 15.1. The quantitative estimate of drug-likeness (QED) is 0.706. The van der Waals surface area contributed by atoms with E-state index in [-0.39, 0.29) is 6.04 Å². The maximum absolute atomic E-state index is 11.5. The van der Waals surface area contributed by atoms with E-state index in [9.17, 15) is 4.79 Å². The van der Waals surface area contributed by atoms with Gasteiger partial charge in [0.15, 0.2) is 0 Å². The van der Waals surface area contributed by atoms with E-state index >= 15 is 0 Å². The summed E-state index contributed by atoms with van der Waals surface area (Å²) < 4.78 is 0. The Hall–Kier alpha value is -2.99. The maximum Gasteiger partial charge on any atom is 0.248 e. The van der Waals surface area contributed by atoms with Gasteiger partial charge in [-0.3, -0.25) is 14.7 Å². The van der Waals surface area contributed by atoms with E-state index < -0.39 is 5.91 Å². The number of hydrogen-bond donors (Lipinski definition) is 2. The lowest BCUT2D eigenvalue weighted by Gasteiger charge is -2.34. The number of primary amides is 1. The van der Waals surface area contributed by atoms with Gasteiger partial charge in [-0.2, -0.15) is 0 Å². The standard InChI is InChI=1S/C21H23N5O/c22-21(27)17-6-1-4-15(12-17)13-26(14-19-23-10-11-24-19)18-8-2-5-16-7-3-9-25-20(16)18/h1,3-4,6-7,9-12,18H,2,5,8,13-14H2,(H2,22,27)(H,23,24). The van der Waals surface area contributed by atoms with E-state index in [0.29, 0.717) is 18.7 Å². The highest BCUT2D eigenvalue weighted by atomic mass is 16.1. The molecule has 4 rings (SSSR count). The second-order valence-electron chi connectivity index (χ2n) is 6.96. The fourth-order valence-electron chi connectivity index (χ4n) is 3.85.